The average molecular weight is 303 g/mol. The van der Waals surface area contributed by atoms with Gasteiger partial charge in [-0.2, -0.15) is 0 Å². The predicted octanol–water partition coefficient (Wildman–Crippen LogP) is 3.88. The summed E-state index contributed by atoms with van der Waals surface area (Å²) in [7, 11) is 1.68. The van der Waals surface area contributed by atoms with Crippen LogP contribution in [0.4, 0.5) is 10.5 Å². The minimum atomic E-state index is -0.494. The van der Waals surface area contributed by atoms with Crippen molar-refractivity contribution in [2.45, 2.75) is 57.6 Å². The fraction of sp³-hybridized carbons (Fsp3) is 0.611. The van der Waals surface area contributed by atoms with Crippen LogP contribution in [-0.4, -0.2) is 31.5 Å². The number of hydrogen-bond acceptors (Lipinski definition) is 3. The quantitative estimate of drug-likeness (QED) is 0.850. The first-order chi connectivity index (χ1) is 10.4. The minimum absolute atomic E-state index is 0.0229. The van der Waals surface area contributed by atoms with Gasteiger partial charge in [-0.05, 0) is 63.1 Å². The van der Waals surface area contributed by atoms with Crippen LogP contribution in [0, 0.1) is 0 Å². The number of methoxy groups -OCH3 is 1. The van der Waals surface area contributed by atoms with Crippen molar-refractivity contribution in [3.8, 4) is 0 Å². The molecule has 1 atom stereocenters. The Kier molecular flexibility index (Phi) is 3.89. The molecule has 22 heavy (non-hydrogen) atoms. The van der Waals surface area contributed by atoms with Gasteiger partial charge in [-0.1, -0.05) is 12.1 Å². The monoisotopic (exact) mass is 303 g/mol. The second kappa shape index (κ2) is 5.58. The van der Waals surface area contributed by atoms with E-state index in [2.05, 4.69) is 12.1 Å². The molecule has 0 bridgehead atoms. The number of ether oxygens (including phenoxy) is 2. The molecule has 3 rings (SSSR count). The Morgan fingerprint density at radius 1 is 1.32 bits per heavy atom. The summed E-state index contributed by atoms with van der Waals surface area (Å²) < 4.78 is 10.9. The van der Waals surface area contributed by atoms with Crippen LogP contribution >= 0.6 is 0 Å². The highest BCUT2D eigenvalue weighted by Crippen LogP contribution is 2.46. The standard InChI is InChI=1S/C18H25NO3/c1-18(2,3)22-17(20)19-13(11-21-4)10-15-14(12-8-9-12)6-5-7-16(15)19/h5-7,12-13H,8-11H2,1-4H3/t13-/m1/s1. The first-order valence-corrected chi connectivity index (χ1v) is 8.03. The van der Waals surface area contributed by atoms with Gasteiger partial charge in [0.2, 0.25) is 0 Å². The lowest BCUT2D eigenvalue weighted by Crippen LogP contribution is -2.43. The Hall–Kier alpha value is -1.55. The van der Waals surface area contributed by atoms with Crippen LogP contribution in [0.1, 0.15) is 50.7 Å². The molecule has 0 N–H and O–H groups in total. The van der Waals surface area contributed by atoms with E-state index in [4.69, 9.17) is 9.47 Å². The summed E-state index contributed by atoms with van der Waals surface area (Å²) in [5.41, 5.74) is 3.22. The number of benzene rings is 1. The Bertz CT molecular complexity index is 572. The Labute approximate surface area is 132 Å². The zero-order chi connectivity index (χ0) is 15.9. The van der Waals surface area contributed by atoms with Gasteiger partial charge in [-0.15, -0.1) is 0 Å². The maximum Gasteiger partial charge on any atom is 0.415 e. The fourth-order valence-electron chi connectivity index (χ4n) is 3.22. The molecule has 2 aliphatic rings. The third-order valence-corrected chi connectivity index (χ3v) is 4.22. The molecular weight excluding hydrogens is 278 g/mol. The molecule has 1 heterocycles. The molecule has 1 fully saturated rings. The number of fused-ring (bicyclic) bond motifs is 1. The molecule has 1 aliphatic heterocycles. The summed E-state index contributed by atoms with van der Waals surface area (Å²) in [6.45, 7) is 6.22. The summed E-state index contributed by atoms with van der Waals surface area (Å²) in [5, 5.41) is 0. The Morgan fingerprint density at radius 2 is 2.05 bits per heavy atom. The molecule has 4 nitrogen and oxygen atoms in total. The van der Waals surface area contributed by atoms with Crippen LogP contribution in [-0.2, 0) is 15.9 Å². The van der Waals surface area contributed by atoms with Gasteiger partial charge in [0.25, 0.3) is 0 Å². The molecular formula is C18H25NO3. The largest absolute Gasteiger partial charge is 0.443 e. The van der Waals surface area contributed by atoms with E-state index in [0.717, 1.165) is 12.1 Å². The molecule has 120 valence electrons. The van der Waals surface area contributed by atoms with Crippen molar-refractivity contribution in [2.75, 3.05) is 18.6 Å². The van der Waals surface area contributed by atoms with Gasteiger partial charge in [-0.3, -0.25) is 4.90 Å². The van der Waals surface area contributed by atoms with Gasteiger partial charge in [0, 0.05) is 7.11 Å². The third kappa shape index (κ3) is 2.98. The van der Waals surface area contributed by atoms with E-state index in [9.17, 15) is 4.79 Å². The van der Waals surface area contributed by atoms with Crippen LogP contribution in [0.5, 0.6) is 0 Å². The number of amides is 1. The van der Waals surface area contributed by atoms with Crippen LogP contribution in [0.25, 0.3) is 0 Å². The van der Waals surface area contributed by atoms with E-state index in [1.54, 1.807) is 12.0 Å². The van der Waals surface area contributed by atoms with Crippen molar-refractivity contribution in [2.24, 2.45) is 0 Å². The number of carbonyl (C=O) groups is 1. The zero-order valence-electron chi connectivity index (χ0n) is 13.9. The van der Waals surface area contributed by atoms with E-state index >= 15 is 0 Å². The summed E-state index contributed by atoms with van der Waals surface area (Å²) >= 11 is 0. The van der Waals surface area contributed by atoms with Crippen molar-refractivity contribution < 1.29 is 14.3 Å². The highest BCUT2D eigenvalue weighted by Gasteiger charge is 2.39. The molecule has 4 heteroatoms. The van der Waals surface area contributed by atoms with Crippen LogP contribution < -0.4 is 4.90 Å². The smallest absolute Gasteiger partial charge is 0.415 e. The molecule has 0 radical (unpaired) electrons. The van der Waals surface area contributed by atoms with Crippen LogP contribution in [0.15, 0.2) is 18.2 Å². The number of nitrogens with zero attached hydrogens (tertiary/aromatic N) is 1. The molecule has 0 unspecified atom stereocenters. The molecule has 1 aromatic carbocycles. The summed E-state index contributed by atoms with van der Waals surface area (Å²) in [6, 6.07) is 6.31. The van der Waals surface area contributed by atoms with Gasteiger partial charge in [0.05, 0.1) is 18.3 Å². The fourth-order valence-corrected chi connectivity index (χ4v) is 3.22. The van der Waals surface area contributed by atoms with Crippen molar-refractivity contribution in [1.29, 1.82) is 0 Å². The topological polar surface area (TPSA) is 38.8 Å². The molecule has 1 saturated carbocycles. The number of carbonyl (C=O) groups excluding carboxylic acids is 1. The first-order valence-electron chi connectivity index (χ1n) is 8.03. The molecule has 0 aromatic heterocycles. The van der Waals surface area contributed by atoms with Gasteiger partial charge in [0.1, 0.15) is 5.60 Å². The number of hydrogen-bond donors (Lipinski definition) is 0. The lowest BCUT2D eigenvalue weighted by molar-refractivity contribution is 0.0548. The maximum absolute atomic E-state index is 12.7. The van der Waals surface area contributed by atoms with E-state index in [0.29, 0.717) is 12.5 Å². The highest BCUT2D eigenvalue weighted by atomic mass is 16.6. The summed E-state index contributed by atoms with van der Waals surface area (Å²) in [6.07, 6.45) is 3.10. The van der Waals surface area contributed by atoms with E-state index in [1.807, 2.05) is 26.8 Å². The van der Waals surface area contributed by atoms with Crippen LogP contribution in [0.3, 0.4) is 0 Å². The van der Waals surface area contributed by atoms with Gasteiger partial charge in [-0.25, -0.2) is 4.79 Å². The van der Waals surface area contributed by atoms with Crippen molar-refractivity contribution in [3.63, 3.8) is 0 Å². The van der Waals surface area contributed by atoms with Crippen LogP contribution in [0.2, 0.25) is 0 Å². The molecule has 1 amide bonds. The first kappa shape index (κ1) is 15.3. The highest BCUT2D eigenvalue weighted by molar-refractivity contribution is 5.92. The predicted molar refractivity (Wildman–Crippen MR) is 86.5 cm³/mol. The third-order valence-electron chi connectivity index (χ3n) is 4.22. The van der Waals surface area contributed by atoms with E-state index < -0.39 is 5.60 Å². The van der Waals surface area contributed by atoms with E-state index in [-0.39, 0.29) is 12.1 Å². The SMILES string of the molecule is COC[C@H]1Cc2c(C3CC3)cccc2N1C(=O)OC(C)(C)C. The molecule has 0 spiro atoms. The van der Waals surface area contributed by atoms with Gasteiger partial charge < -0.3 is 9.47 Å². The molecule has 0 saturated heterocycles. The van der Waals surface area contributed by atoms with Crippen molar-refractivity contribution >= 4 is 11.8 Å². The second-order valence-electron chi connectivity index (χ2n) is 7.28. The zero-order valence-corrected chi connectivity index (χ0v) is 13.9. The van der Waals surface area contributed by atoms with Crippen molar-refractivity contribution in [3.05, 3.63) is 29.3 Å². The molecule has 1 aliphatic carbocycles. The van der Waals surface area contributed by atoms with Gasteiger partial charge in [0.15, 0.2) is 0 Å². The Balaban J connectivity index is 1.93. The Morgan fingerprint density at radius 3 is 2.64 bits per heavy atom. The summed E-state index contributed by atoms with van der Waals surface area (Å²) in [4.78, 5) is 14.4. The minimum Gasteiger partial charge on any atom is -0.443 e. The number of rotatable bonds is 3. The van der Waals surface area contributed by atoms with Gasteiger partial charge >= 0.3 is 6.09 Å². The second-order valence-corrected chi connectivity index (χ2v) is 7.28. The normalized spacial score (nSPS) is 20.9. The summed E-state index contributed by atoms with van der Waals surface area (Å²) in [5.74, 6) is 0.678. The molecule has 1 aromatic rings. The lowest BCUT2D eigenvalue weighted by atomic mass is 10.00. The maximum atomic E-state index is 12.7. The van der Waals surface area contributed by atoms with Crippen molar-refractivity contribution in [1.82, 2.24) is 0 Å². The average Bonchev–Trinajstić information content (AvgIpc) is 3.17. The lowest BCUT2D eigenvalue weighted by Gasteiger charge is -2.28. The van der Waals surface area contributed by atoms with E-state index in [1.165, 1.54) is 24.0 Å². The number of anilines is 1.